The Labute approximate surface area is 143 Å². The number of piperidine rings is 1. The van der Waals surface area contributed by atoms with Gasteiger partial charge in [-0.15, -0.1) is 11.3 Å². The van der Waals surface area contributed by atoms with Crippen molar-refractivity contribution >= 4 is 27.6 Å². The van der Waals surface area contributed by atoms with Gasteiger partial charge in [0.2, 0.25) is 0 Å². The lowest BCUT2D eigenvalue weighted by Crippen LogP contribution is -2.49. The lowest BCUT2D eigenvalue weighted by molar-refractivity contribution is -0.0303. The normalized spacial score (nSPS) is 17.3. The molecule has 1 saturated heterocycles. The number of hydrogen-bond donors (Lipinski definition) is 2. The second-order valence-electron chi connectivity index (χ2n) is 6.35. The Morgan fingerprint density at radius 2 is 2.12 bits per heavy atom. The van der Waals surface area contributed by atoms with Gasteiger partial charge in [0.25, 0.3) is 5.56 Å². The van der Waals surface area contributed by atoms with E-state index < -0.39 is 11.7 Å². The second kappa shape index (κ2) is 6.52. The summed E-state index contributed by atoms with van der Waals surface area (Å²) < 4.78 is 1.45. The van der Waals surface area contributed by atoms with E-state index in [-0.39, 0.29) is 25.2 Å². The molecule has 7 nitrogen and oxygen atoms in total. The van der Waals surface area contributed by atoms with Crippen molar-refractivity contribution in [1.29, 1.82) is 0 Å². The van der Waals surface area contributed by atoms with E-state index in [1.807, 2.05) is 6.07 Å². The lowest BCUT2D eigenvalue weighted by atomic mass is 9.91. The molecule has 0 atom stereocenters. The maximum atomic E-state index is 12.6. The molecule has 2 aromatic heterocycles. The number of nitrogens with zero attached hydrogens (tertiary/aromatic N) is 3. The van der Waals surface area contributed by atoms with Gasteiger partial charge in [0.1, 0.15) is 4.83 Å². The highest BCUT2D eigenvalue weighted by Crippen LogP contribution is 2.25. The van der Waals surface area contributed by atoms with E-state index >= 15 is 0 Å². The van der Waals surface area contributed by atoms with Crippen LogP contribution in [0.1, 0.15) is 31.1 Å². The van der Waals surface area contributed by atoms with Crippen LogP contribution < -0.4 is 5.56 Å². The van der Waals surface area contributed by atoms with Crippen LogP contribution in [-0.2, 0) is 13.0 Å². The van der Waals surface area contributed by atoms with Gasteiger partial charge in [-0.05, 0) is 25.3 Å². The van der Waals surface area contributed by atoms with Crippen molar-refractivity contribution < 1.29 is 15.0 Å². The molecule has 0 bridgehead atoms. The topological polar surface area (TPSA) is 95.7 Å². The molecule has 0 spiro atoms. The minimum absolute atomic E-state index is 0.140. The van der Waals surface area contributed by atoms with Crippen molar-refractivity contribution in [2.24, 2.45) is 0 Å². The molecule has 0 unspecified atom stereocenters. The summed E-state index contributed by atoms with van der Waals surface area (Å²) in [5.74, 6) is 0. The van der Waals surface area contributed by atoms with Crippen LogP contribution in [0.3, 0.4) is 0 Å². The molecule has 1 aliphatic heterocycles. The first-order valence-electron chi connectivity index (χ1n) is 8.10. The maximum Gasteiger partial charge on any atom is 0.407 e. The molecule has 0 saturated carbocycles. The molecular weight excluding hydrogens is 330 g/mol. The Bertz CT molecular complexity index is 805. The summed E-state index contributed by atoms with van der Waals surface area (Å²) in [6.07, 6.45) is 3.08. The molecule has 130 valence electrons. The number of aliphatic hydroxyl groups is 1. The van der Waals surface area contributed by atoms with Crippen LogP contribution >= 0.6 is 11.3 Å². The van der Waals surface area contributed by atoms with Crippen molar-refractivity contribution in [3.63, 3.8) is 0 Å². The molecule has 3 rings (SSSR count). The fraction of sp³-hybridized carbons (Fsp3) is 0.562. The summed E-state index contributed by atoms with van der Waals surface area (Å²) in [6, 6.07) is 1.90. The third-order valence-electron chi connectivity index (χ3n) is 4.49. The monoisotopic (exact) mass is 351 g/mol. The lowest BCUT2D eigenvalue weighted by Gasteiger charge is -2.37. The van der Waals surface area contributed by atoms with Crippen LogP contribution in [0.15, 0.2) is 17.2 Å². The predicted molar refractivity (Wildman–Crippen MR) is 91.7 cm³/mol. The average Bonchev–Trinajstić information content (AvgIpc) is 2.94. The summed E-state index contributed by atoms with van der Waals surface area (Å²) in [5, 5.41) is 20.3. The third-order valence-corrected chi connectivity index (χ3v) is 5.60. The first-order chi connectivity index (χ1) is 11.4. The number of thiophene rings is 1. The van der Waals surface area contributed by atoms with Crippen LogP contribution in [0.4, 0.5) is 4.79 Å². The van der Waals surface area contributed by atoms with Gasteiger partial charge in [-0.3, -0.25) is 9.36 Å². The number of aryl methyl sites for hydroxylation is 1. The van der Waals surface area contributed by atoms with Gasteiger partial charge < -0.3 is 15.1 Å². The molecule has 24 heavy (non-hydrogen) atoms. The Balaban J connectivity index is 1.81. The van der Waals surface area contributed by atoms with Crippen molar-refractivity contribution in [1.82, 2.24) is 14.5 Å². The van der Waals surface area contributed by atoms with Crippen molar-refractivity contribution in [2.45, 2.75) is 44.8 Å². The summed E-state index contributed by atoms with van der Waals surface area (Å²) in [7, 11) is 0. The van der Waals surface area contributed by atoms with E-state index in [9.17, 15) is 14.7 Å². The fourth-order valence-electron chi connectivity index (χ4n) is 3.08. The molecule has 3 heterocycles. The molecule has 1 amide bonds. The van der Waals surface area contributed by atoms with Crippen LogP contribution in [0.2, 0.25) is 0 Å². The number of hydrogen-bond acceptors (Lipinski definition) is 5. The number of rotatable bonds is 4. The van der Waals surface area contributed by atoms with Gasteiger partial charge in [-0.1, -0.05) is 13.3 Å². The van der Waals surface area contributed by atoms with E-state index in [0.717, 1.165) is 22.5 Å². The Morgan fingerprint density at radius 3 is 2.75 bits per heavy atom. The highest BCUT2D eigenvalue weighted by atomic mass is 32.1. The van der Waals surface area contributed by atoms with E-state index in [0.29, 0.717) is 18.2 Å². The van der Waals surface area contributed by atoms with Crippen LogP contribution in [0.5, 0.6) is 0 Å². The smallest absolute Gasteiger partial charge is 0.407 e. The number of carboxylic acid groups (broad SMARTS) is 1. The van der Waals surface area contributed by atoms with Crippen LogP contribution in [-0.4, -0.2) is 49.4 Å². The molecule has 2 aromatic rings. The standard InChI is InChI=1S/C16H21N3O4S/c1-2-3-11-8-12-13(24-11)17-10-19(14(12)20)9-16(23)4-6-18(7-5-16)15(21)22/h8,10,23H,2-7,9H2,1H3,(H,21,22). The molecule has 0 radical (unpaired) electrons. The minimum Gasteiger partial charge on any atom is -0.465 e. The summed E-state index contributed by atoms with van der Waals surface area (Å²) in [4.78, 5) is 31.1. The molecule has 1 fully saturated rings. The fourth-order valence-corrected chi connectivity index (χ4v) is 4.17. The molecule has 0 aliphatic carbocycles. The van der Waals surface area contributed by atoms with Crippen molar-refractivity contribution in [3.05, 3.63) is 27.6 Å². The first kappa shape index (κ1) is 16.9. The zero-order valence-corrected chi connectivity index (χ0v) is 14.4. The van der Waals surface area contributed by atoms with Gasteiger partial charge in [0.15, 0.2) is 0 Å². The third kappa shape index (κ3) is 3.29. The number of amides is 1. The summed E-state index contributed by atoms with van der Waals surface area (Å²) >= 11 is 1.53. The Morgan fingerprint density at radius 1 is 1.42 bits per heavy atom. The molecule has 0 aromatic carbocycles. The van der Waals surface area contributed by atoms with E-state index in [1.54, 1.807) is 0 Å². The van der Waals surface area contributed by atoms with Crippen molar-refractivity contribution in [3.8, 4) is 0 Å². The largest absolute Gasteiger partial charge is 0.465 e. The van der Waals surface area contributed by atoms with E-state index in [4.69, 9.17) is 5.11 Å². The predicted octanol–water partition coefficient (Wildman–Crippen LogP) is 1.92. The number of fused-ring (bicyclic) bond motifs is 1. The quantitative estimate of drug-likeness (QED) is 0.877. The van der Waals surface area contributed by atoms with E-state index in [2.05, 4.69) is 11.9 Å². The highest BCUT2D eigenvalue weighted by molar-refractivity contribution is 7.18. The Hall–Kier alpha value is -1.93. The highest BCUT2D eigenvalue weighted by Gasteiger charge is 2.34. The number of carbonyl (C=O) groups is 1. The molecular formula is C16H21N3O4S. The number of aromatic nitrogens is 2. The average molecular weight is 351 g/mol. The van der Waals surface area contributed by atoms with Gasteiger partial charge in [0.05, 0.1) is 23.9 Å². The van der Waals surface area contributed by atoms with Gasteiger partial charge in [-0.2, -0.15) is 0 Å². The van der Waals surface area contributed by atoms with Crippen LogP contribution in [0.25, 0.3) is 10.2 Å². The first-order valence-corrected chi connectivity index (χ1v) is 8.91. The van der Waals surface area contributed by atoms with Gasteiger partial charge in [-0.25, -0.2) is 9.78 Å². The van der Waals surface area contributed by atoms with E-state index in [1.165, 1.54) is 27.1 Å². The molecule has 8 heteroatoms. The molecule has 1 aliphatic rings. The zero-order valence-electron chi connectivity index (χ0n) is 13.6. The second-order valence-corrected chi connectivity index (χ2v) is 7.47. The zero-order chi connectivity index (χ0) is 17.3. The van der Waals surface area contributed by atoms with Gasteiger partial charge >= 0.3 is 6.09 Å². The number of likely N-dealkylation sites (tertiary alicyclic amines) is 1. The molecule has 2 N–H and O–H groups in total. The van der Waals surface area contributed by atoms with Crippen molar-refractivity contribution in [2.75, 3.05) is 13.1 Å². The summed E-state index contributed by atoms with van der Waals surface area (Å²) in [6.45, 7) is 2.78. The maximum absolute atomic E-state index is 12.6. The summed E-state index contributed by atoms with van der Waals surface area (Å²) in [5.41, 5.74) is -1.22. The SMILES string of the molecule is CCCc1cc2c(=O)n(CC3(O)CCN(C(=O)O)CC3)cnc2s1. The van der Waals surface area contributed by atoms with Gasteiger partial charge in [0, 0.05) is 18.0 Å². The minimum atomic E-state index is -1.08. The van der Waals surface area contributed by atoms with Crippen LogP contribution in [0, 0.1) is 0 Å². The Kier molecular flexibility index (Phi) is 4.60.